The molecule has 1 heterocycles. The van der Waals surface area contributed by atoms with Gasteiger partial charge in [0, 0.05) is 31.7 Å². The maximum atomic E-state index is 3.48. The van der Waals surface area contributed by atoms with Crippen LogP contribution in [-0.2, 0) is 5.54 Å². The van der Waals surface area contributed by atoms with E-state index in [-0.39, 0.29) is 0 Å². The maximum absolute atomic E-state index is 3.48. The SMILES string of the molecule is Cc1cccc(C2(N3CCNCC3)CCCC2)c1. The summed E-state index contributed by atoms with van der Waals surface area (Å²) >= 11 is 0. The van der Waals surface area contributed by atoms with Crippen LogP contribution in [0.1, 0.15) is 36.8 Å². The fourth-order valence-corrected chi connectivity index (χ4v) is 3.77. The van der Waals surface area contributed by atoms with Crippen molar-refractivity contribution in [1.29, 1.82) is 0 Å². The van der Waals surface area contributed by atoms with Crippen LogP contribution in [0.4, 0.5) is 0 Å². The van der Waals surface area contributed by atoms with E-state index >= 15 is 0 Å². The molecule has 0 spiro atoms. The Hall–Kier alpha value is -0.860. The molecule has 18 heavy (non-hydrogen) atoms. The first-order valence-electron chi connectivity index (χ1n) is 7.34. The van der Waals surface area contributed by atoms with Gasteiger partial charge < -0.3 is 5.32 Å². The molecule has 1 aromatic rings. The smallest absolute Gasteiger partial charge is 0.0461 e. The van der Waals surface area contributed by atoms with Gasteiger partial charge in [0.25, 0.3) is 0 Å². The summed E-state index contributed by atoms with van der Waals surface area (Å²) in [5.74, 6) is 0. The molecule has 1 aliphatic carbocycles. The average molecular weight is 244 g/mol. The molecule has 1 N–H and O–H groups in total. The third-order valence-electron chi connectivity index (χ3n) is 4.71. The molecular weight excluding hydrogens is 220 g/mol. The van der Waals surface area contributed by atoms with Crippen LogP contribution in [0.2, 0.25) is 0 Å². The van der Waals surface area contributed by atoms with Crippen molar-refractivity contribution < 1.29 is 0 Å². The molecule has 1 saturated heterocycles. The average Bonchev–Trinajstić information content (AvgIpc) is 2.90. The summed E-state index contributed by atoms with van der Waals surface area (Å²) in [5.41, 5.74) is 3.30. The van der Waals surface area contributed by atoms with Crippen LogP contribution in [0.5, 0.6) is 0 Å². The van der Waals surface area contributed by atoms with Gasteiger partial charge in [-0.05, 0) is 25.3 Å². The van der Waals surface area contributed by atoms with Gasteiger partial charge in [0.15, 0.2) is 0 Å². The Morgan fingerprint density at radius 1 is 1.11 bits per heavy atom. The number of aryl methyl sites for hydroxylation is 1. The minimum atomic E-state index is 0.341. The molecule has 1 aromatic carbocycles. The molecule has 2 aliphatic rings. The summed E-state index contributed by atoms with van der Waals surface area (Å²) in [5, 5.41) is 3.48. The lowest BCUT2D eigenvalue weighted by molar-refractivity contribution is 0.0757. The normalized spacial score (nSPS) is 24.3. The summed E-state index contributed by atoms with van der Waals surface area (Å²) in [7, 11) is 0. The Morgan fingerprint density at radius 3 is 2.50 bits per heavy atom. The lowest BCUT2D eigenvalue weighted by Gasteiger charge is -2.44. The van der Waals surface area contributed by atoms with E-state index in [0.29, 0.717) is 5.54 Å². The number of piperazine rings is 1. The van der Waals surface area contributed by atoms with E-state index in [9.17, 15) is 0 Å². The third kappa shape index (κ3) is 2.08. The van der Waals surface area contributed by atoms with Crippen molar-refractivity contribution >= 4 is 0 Å². The number of nitrogens with one attached hydrogen (secondary N) is 1. The number of benzene rings is 1. The molecule has 0 unspecified atom stereocenters. The molecule has 0 aromatic heterocycles. The molecule has 1 aliphatic heterocycles. The minimum absolute atomic E-state index is 0.341. The van der Waals surface area contributed by atoms with Crippen LogP contribution in [0.15, 0.2) is 24.3 Å². The maximum Gasteiger partial charge on any atom is 0.0461 e. The molecule has 0 radical (unpaired) electrons. The van der Waals surface area contributed by atoms with E-state index in [4.69, 9.17) is 0 Å². The van der Waals surface area contributed by atoms with Gasteiger partial charge in [-0.3, -0.25) is 4.90 Å². The highest BCUT2D eigenvalue weighted by Gasteiger charge is 2.41. The van der Waals surface area contributed by atoms with Gasteiger partial charge in [0.1, 0.15) is 0 Å². The first-order valence-corrected chi connectivity index (χ1v) is 7.34. The number of hydrogen-bond acceptors (Lipinski definition) is 2. The zero-order valence-corrected chi connectivity index (χ0v) is 11.4. The molecule has 2 fully saturated rings. The molecule has 2 heteroatoms. The van der Waals surface area contributed by atoms with Crippen LogP contribution in [0, 0.1) is 6.92 Å². The van der Waals surface area contributed by atoms with Gasteiger partial charge in [-0.25, -0.2) is 0 Å². The van der Waals surface area contributed by atoms with E-state index in [1.54, 1.807) is 5.56 Å². The Kier molecular flexibility index (Phi) is 3.40. The Morgan fingerprint density at radius 2 is 1.83 bits per heavy atom. The molecule has 0 bridgehead atoms. The van der Waals surface area contributed by atoms with Gasteiger partial charge in [0.05, 0.1) is 0 Å². The second-order valence-corrected chi connectivity index (χ2v) is 5.85. The zero-order chi connectivity index (χ0) is 12.4. The highest BCUT2D eigenvalue weighted by molar-refractivity contribution is 5.30. The zero-order valence-electron chi connectivity index (χ0n) is 11.4. The number of hydrogen-bond donors (Lipinski definition) is 1. The van der Waals surface area contributed by atoms with Crippen molar-refractivity contribution in [3.8, 4) is 0 Å². The first-order chi connectivity index (χ1) is 8.81. The monoisotopic (exact) mass is 244 g/mol. The Labute approximate surface area is 110 Å². The van der Waals surface area contributed by atoms with Gasteiger partial charge in [-0.1, -0.05) is 42.7 Å². The fraction of sp³-hybridized carbons (Fsp3) is 0.625. The summed E-state index contributed by atoms with van der Waals surface area (Å²) in [6, 6.07) is 9.20. The summed E-state index contributed by atoms with van der Waals surface area (Å²) < 4.78 is 0. The van der Waals surface area contributed by atoms with Gasteiger partial charge in [-0.15, -0.1) is 0 Å². The molecule has 0 amide bonds. The summed E-state index contributed by atoms with van der Waals surface area (Å²) in [4.78, 5) is 2.74. The third-order valence-corrected chi connectivity index (χ3v) is 4.71. The Bertz CT molecular complexity index is 401. The summed E-state index contributed by atoms with van der Waals surface area (Å²) in [6.07, 6.45) is 5.46. The van der Waals surface area contributed by atoms with E-state index in [1.165, 1.54) is 44.3 Å². The topological polar surface area (TPSA) is 15.3 Å². The van der Waals surface area contributed by atoms with Crippen LogP contribution in [0.3, 0.4) is 0 Å². The minimum Gasteiger partial charge on any atom is -0.314 e. The first kappa shape index (κ1) is 12.2. The van der Waals surface area contributed by atoms with Crippen molar-refractivity contribution in [2.24, 2.45) is 0 Å². The lowest BCUT2D eigenvalue weighted by atomic mass is 9.85. The highest BCUT2D eigenvalue weighted by Crippen LogP contribution is 2.44. The molecule has 2 nitrogen and oxygen atoms in total. The van der Waals surface area contributed by atoms with Crippen molar-refractivity contribution in [2.75, 3.05) is 26.2 Å². The van der Waals surface area contributed by atoms with Crippen LogP contribution in [-0.4, -0.2) is 31.1 Å². The van der Waals surface area contributed by atoms with Crippen molar-refractivity contribution in [1.82, 2.24) is 10.2 Å². The largest absolute Gasteiger partial charge is 0.314 e. The van der Waals surface area contributed by atoms with E-state index in [2.05, 4.69) is 41.4 Å². The number of rotatable bonds is 2. The second-order valence-electron chi connectivity index (χ2n) is 5.85. The fourth-order valence-electron chi connectivity index (χ4n) is 3.77. The van der Waals surface area contributed by atoms with Gasteiger partial charge in [-0.2, -0.15) is 0 Å². The van der Waals surface area contributed by atoms with E-state index in [1.807, 2.05) is 0 Å². The van der Waals surface area contributed by atoms with Crippen LogP contribution < -0.4 is 5.32 Å². The van der Waals surface area contributed by atoms with Crippen LogP contribution >= 0.6 is 0 Å². The van der Waals surface area contributed by atoms with Gasteiger partial charge in [0.2, 0.25) is 0 Å². The van der Waals surface area contributed by atoms with Crippen molar-refractivity contribution in [3.05, 3.63) is 35.4 Å². The standard InChI is InChI=1S/C16H24N2/c1-14-5-4-6-15(13-14)16(7-2-3-8-16)18-11-9-17-10-12-18/h4-6,13,17H,2-3,7-12H2,1H3. The highest BCUT2D eigenvalue weighted by atomic mass is 15.2. The second kappa shape index (κ2) is 5.02. The predicted molar refractivity (Wildman–Crippen MR) is 75.8 cm³/mol. The van der Waals surface area contributed by atoms with E-state index < -0.39 is 0 Å². The predicted octanol–water partition coefficient (Wildman–Crippen LogP) is 2.67. The molecule has 0 atom stereocenters. The Balaban J connectivity index is 1.95. The molecule has 1 saturated carbocycles. The quantitative estimate of drug-likeness (QED) is 0.860. The van der Waals surface area contributed by atoms with Gasteiger partial charge >= 0.3 is 0 Å². The number of nitrogens with zero attached hydrogens (tertiary/aromatic N) is 1. The summed E-state index contributed by atoms with van der Waals surface area (Å²) in [6.45, 7) is 6.91. The molecule has 3 rings (SSSR count). The molecule has 98 valence electrons. The van der Waals surface area contributed by atoms with Crippen LogP contribution in [0.25, 0.3) is 0 Å². The van der Waals surface area contributed by atoms with Crippen molar-refractivity contribution in [3.63, 3.8) is 0 Å². The van der Waals surface area contributed by atoms with Crippen molar-refractivity contribution in [2.45, 2.75) is 38.1 Å². The lowest BCUT2D eigenvalue weighted by Crippen LogP contribution is -2.53. The van der Waals surface area contributed by atoms with E-state index in [0.717, 1.165) is 13.1 Å². The molecular formula is C16H24N2.